The highest BCUT2D eigenvalue weighted by molar-refractivity contribution is 5.48. The molecule has 1 aromatic carbocycles. The molecule has 0 radical (unpaired) electrons. The number of benzene rings is 1. The molecule has 2 aliphatic heterocycles. The van der Waals surface area contributed by atoms with Gasteiger partial charge in [0.1, 0.15) is 17.1 Å². The van der Waals surface area contributed by atoms with Crippen LogP contribution < -0.4 is 20.5 Å². The molecule has 0 bridgehead atoms. The summed E-state index contributed by atoms with van der Waals surface area (Å²) in [4.78, 5) is 0. The van der Waals surface area contributed by atoms with Gasteiger partial charge in [-0.3, -0.25) is 0 Å². The Kier molecular flexibility index (Phi) is 2.92. The predicted octanol–water partition coefficient (Wildman–Crippen LogP) is 1.60. The highest BCUT2D eigenvalue weighted by Crippen LogP contribution is 2.45. The molecule has 1 spiro atoms. The van der Waals surface area contributed by atoms with Gasteiger partial charge in [-0.05, 0) is 38.1 Å². The summed E-state index contributed by atoms with van der Waals surface area (Å²) in [5.74, 6) is 1.73. The number of hydrogen-bond acceptors (Lipinski definition) is 4. The fourth-order valence-corrected chi connectivity index (χ4v) is 3.12. The Morgan fingerprint density at radius 3 is 2.89 bits per heavy atom. The van der Waals surface area contributed by atoms with Crippen LogP contribution in [0.1, 0.15) is 30.9 Å². The zero-order valence-electron chi connectivity index (χ0n) is 10.7. The van der Waals surface area contributed by atoms with Gasteiger partial charge in [-0.1, -0.05) is 6.07 Å². The fourth-order valence-electron chi connectivity index (χ4n) is 3.12. The van der Waals surface area contributed by atoms with Crippen molar-refractivity contribution < 1.29 is 9.47 Å². The minimum absolute atomic E-state index is 0.00278. The molecule has 1 aromatic rings. The molecule has 98 valence electrons. The van der Waals surface area contributed by atoms with E-state index in [4.69, 9.17) is 15.2 Å². The van der Waals surface area contributed by atoms with E-state index in [1.807, 2.05) is 18.2 Å². The van der Waals surface area contributed by atoms with Gasteiger partial charge in [-0.25, -0.2) is 0 Å². The molecule has 2 heterocycles. The average molecular weight is 248 g/mol. The Morgan fingerprint density at radius 2 is 2.17 bits per heavy atom. The lowest BCUT2D eigenvalue weighted by molar-refractivity contribution is 0.00724. The standard InChI is InChI=1S/C14H20N2O2/c1-17-11-3-2-4-12-13(11)10(15)9-14(18-12)5-7-16-8-6-14/h2-4,10,16H,5-9,15H2,1H3. The Morgan fingerprint density at radius 1 is 1.39 bits per heavy atom. The van der Waals surface area contributed by atoms with Crippen molar-refractivity contribution >= 4 is 0 Å². The monoisotopic (exact) mass is 248 g/mol. The second kappa shape index (κ2) is 4.44. The maximum absolute atomic E-state index is 6.35. The van der Waals surface area contributed by atoms with Crippen LogP contribution in [0.15, 0.2) is 18.2 Å². The summed E-state index contributed by atoms with van der Waals surface area (Å²) >= 11 is 0. The van der Waals surface area contributed by atoms with Gasteiger partial charge >= 0.3 is 0 Å². The lowest BCUT2D eigenvalue weighted by atomic mass is 9.81. The second-order valence-corrected chi connectivity index (χ2v) is 5.22. The van der Waals surface area contributed by atoms with Crippen LogP contribution in [0.25, 0.3) is 0 Å². The molecule has 0 saturated carbocycles. The summed E-state index contributed by atoms with van der Waals surface area (Å²) in [6, 6.07) is 5.91. The van der Waals surface area contributed by atoms with Crippen molar-refractivity contribution in [2.45, 2.75) is 30.9 Å². The van der Waals surface area contributed by atoms with Crippen molar-refractivity contribution in [3.8, 4) is 11.5 Å². The SMILES string of the molecule is COc1cccc2c1C(N)CC1(CCNCC1)O2. The molecule has 18 heavy (non-hydrogen) atoms. The van der Waals surface area contributed by atoms with Crippen LogP contribution in [0.3, 0.4) is 0 Å². The maximum Gasteiger partial charge on any atom is 0.128 e. The molecule has 1 saturated heterocycles. The van der Waals surface area contributed by atoms with Crippen molar-refractivity contribution in [2.75, 3.05) is 20.2 Å². The van der Waals surface area contributed by atoms with Gasteiger partial charge in [-0.2, -0.15) is 0 Å². The van der Waals surface area contributed by atoms with Crippen molar-refractivity contribution in [2.24, 2.45) is 5.73 Å². The minimum atomic E-state index is -0.0793. The molecule has 2 aliphatic rings. The first-order valence-electron chi connectivity index (χ1n) is 6.56. The molecular weight excluding hydrogens is 228 g/mol. The molecule has 4 heteroatoms. The number of nitrogens with two attached hydrogens (primary N) is 1. The van der Waals surface area contributed by atoms with E-state index in [9.17, 15) is 0 Å². The molecule has 4 nitrogen and oxygen atoms in total. The van der Waals surface area contributed by atoms with Crippen LogP contribution >= 0.6 is 0 Å². The summed E-state index contributed by atoms with van der Waals surface area (Å²) < 4.78 is 11.7. The Balaban J connectivity index is 1.97. The number of fused-ring (bicyclic) bond motifs is 1. The van der Waals surface area contributed by atoms with Crippen LogP contribution in [0, 0.1) is 0 Å². The molecule has 3 N–H and O–H groups in total. The van der Waals surface area contributed by atoms with Gasteiger partial charge in [0, 0.05) is 12.5 Å². The molecule has 1 fully saturated rings. The highest BCUT2D eigenvalue weighted by atomic mass is 16.5. The third-order valence-electron chi connectivity index (χ3n) is 4.05. The maximum atomic E-state index is 6.35. The van der Waals surface area contributed by atoms with Gasteiger partial charge < -0.3 is 20.5 Å². The summed E-state index contributed by atoms with van der Waals surface area (Å²) in [5, 5.41) is 3.37. The van der Waals surface area contributed by atoms with Crippen molar-refractivity contribution in [3.63, 3.8) is 0 Å². The van der Waals surface area contributed by atoms with E-state index in [1.54, 1.807) is 7.11 Å². The van der Waals surface area contributed by atoms with Crippen LogP contribution in [-0.4, -0.2) is 25.8 Å². The lowest BCUT2D eigenvalue weighted by Gasteiger charge is -2.44. The van der Waals surface area contributed by atoms with E-state index in [0.717, 1.165) is 49.4 Å². The molecule has 0 amide bonds. The van der Waals surface area contributed by atoms with Gasteiger partial charge in [0.2, 0.25) is 0 Å². The van der Waals surface area contributed by atoms with Crippen LogP contribution in [0.5, 0.6) is 11.5 Å². The quantitative estimate of drug-likeness (QED) is 0.792. The molecule has 1 unspecified atom stereocenters. The Bertz CT molecular complexity index is 441. The number of rotatable bonds is 1. The van der Waals surface area contributed by atoms with E-state index in [1.165, 1.54) is 0 Å². The van der Waals surface area contributed by atoms with E-state index >= 15 is 0 Å². The first-order valence-corrected chi connectivity index (χ1v) is 6.56. The van der Waals surface area contributed by atoms with Crippen molar-refractivity contribution in [1.29, 1.82) is 0 Å². The van der Waals surface area contributed by atoms with Gasteiger partial charge in [-0.15, -0.1) is 0 Å². The molecule has 0 aromatic heterocycles. The number of methoxy groups -OCH3 is 1. The topological polar surface area (TPSA) is 56.5 Å². The number of hydrogen-bond donors (Lipinski definition) is 2. The first kappa shape index (κ1) is 11.8. The smallest absolute Gasteiger partial charge is 0.128 e. The van der Waals surface area contributed by atoms with Gasteiger partial charge in [0.05, 0.1) is 12.7 Å². The molecular formula is C14H20N2O2. The first-order chi connectivity index (χ1) is 8.74. The summed E-state index contributed by atoms with van der Waals surface area (Å²) in [5.41, 5.74) is 7.29. The van der Waals surface area contributed by atoms with Gasteiger partial charge in [0.25, 0.3) is 0 Å². The average Bonchev–Trinajstić information content (AvgIpc) is 2.38. The zero-order valence-corrected chi connectivity index (χ0v) is 10.7. The van der Waals surface area contributed by atoms with E-state index < -0.39 is 0 Å². The van der Waals surface area contributed by atoms with Crippen molar-refractivity contribution in [1.82, 2.24) is 5.32 Å². The number of nitrogens with one attached hydrogen (secondary N) is 1. The third kappa shape index (κ3) is 1.85. The summed E-state index contributed by atoms with van der Waals surface area (Å²) in [6.45, 7) is 2.01. The van der Waals surface area contributed by atoms with E-state index in [-0.39, 0.29) is 11.6 Å². The molecule has 0 aliphatic carbocycles. The Labute approximate surface area is 107 Å². The van der Waals surface area contributed by atoms with Crippen molar-refractivity contribution in [3.05, 3.63) is 23.8 Å². The number of piperidine rings is 1. The van der Waals surface area contributed by atoms with Crippen LogP contribution in [0.2, 0.25) is 0 Å². The predicted molar refractivity (Wildman–Crippen MR) is 70.0 cm³/mol. The van der Waals surface area contributed by atoms with E-state index in [2.05, 4.69) is 5.32 Å². The largest absolute Gasteiger partial charge is 0.496 e. The summed E-state index contributed by atoms with van der Waals surface area (Å²) in [6.07, 6.45) is 2.93. The van der Waals surface area contributed by atoms with E-state index in [0.29, 0.717) is 0 Å². The molecule has 1 atom stereocenters. The molecule has 3 rings (SSSR count). The minimum Gasteiger partial charge on any atom is -0.496 e. The highest BCUT2D eigenvalue weighted by Gasteiger charge is 2.41. The Hall–Kier alpha value is -1.26. The lowest BCUT2D eigenvalue weighted by Crippen LogP contribution is -2.50. The fraction of sp³-hybridized carbons (Fsp3) is 0.571. The number of ether oxygens (including phenoxy) is 2. The normalized spacial score (nSPS) is 25.3. The van der Waals surface area contributed by atoms with Crippen LogP contribution in [0.4, 0.5) is 0 Å². The van der Waals surface area contributed by atoms with Crippen LogP contribution in [-0.2, 0) is 0 Å². The zero-order chi connectivity index (χ0) is 12.6. The summed E-state index contributed by atoms with van der Waals surface area (Å²) in [7, 11) is 1.68. The second-order valence-electron chi connectivity index (χ2n) is 5.22. The van der Waals surface area contributed by atoms with Gasteiger partial charge in [0.15, 0.2) is 0 Å². The third-order valence-corrected chi connectivity index (χ3v) is 4.05.